The quantitative estimate of drug-likeness (QED) is 0.0199. The first-order valence-electron chi connectivity index (χ1n) is 27.3. The fraction of sp³-hybridized carbons (Fsp3) is 0.683. The van der Waals surface area contributed by atoms with E-state index in [0.29, 0.717) is 19.3 Å². The zero-order chi connectivity index (χ0) is 47.9. The van der Waals surface area contributed by atoms with Crippen molar-refractivity contribution in [1.82, 2.24) is 0 Å². The molecule has 0 aromatic heterocycles. The Labute approximate surface area is 407 Å². The van der Waals surface area contributed by atoms with E-state index in [-0.39, 0.29) is 31.1 Å². The second-order valence-corrected chi connectivity index (χ2v) is 17.9. The van der Waals surface area contributed by atoms with E-state index >= 15 is 0 Å². The van der Waals surface area contributed by atoms with Gasteiger partial charge in [0.1, 0.15) is 13.2 Å². The molecule has 66 heavy (non-hydrogen) atoms. The lowest BCUT2D eigenvalue weighted by atomic mass is 10.1. The molecule has 0 fully saturated rings. The summed E-state index contributed by atoms with van der Waals surface area (Å²) >= 11 is 0. The van der Waals surface area contributed by atoms with E-state index in [0.717, 1.165) is 103 Å². The first-order valence-corrected chi connectivity index (χ1v) is 27.3. The SMILES string of the molecule is CC/C=C/C=C/C=C/C=C/CCCCCC(=O)OCC(COC(=O)CCCCCCC/C=C/C=C/CCCCCCCCC)OC(=O)CCCCCCCCC/C=C/C/C=C/CCCCC. The van der Waals surface area contributed by atoms with E-state index in [1.807, 2.05) is 36.5 Å². The van der Waals surface area contributed by atoms with Crippen molar-refractivity contribution in [3.05, 3.63) is 97.2 Å². The van der Waals surface area contributed by atoms with Crippen LogP contribution in [0.25, 0.3) is 0 Å². The van der Waals surface area contributed by atoms with Gasteiger partial charge in [-0.1, -0.05) is 227 Å². The molecule has 0 aliphatic heterocycles. The Bertz CT molecular complexity index is 1330. The van der Waals surface area contributed by atoms with Crippen molar-refractivity contribution >= 4 is 17.9 Å². The van der Waals surface area contributed by atoms with Gasteiger partial charge in [0.25, 0.3) is 0 Å². The molecule has 0 aliphatic carbocycles. The Morgan fingerprint density at radius 2 is 0.652 bits per heavy atom. The second-order valence-electron chi connectivity index (χ2n) is 17.9. The summed E-state index contributed by atoms with van der Waals surface area (Å²) in [5.41, 5.74) is 0. The highest BCUT2D eigenvalue weighted by Crippen LogP contribution is 2.14. The molecule has 6 heteroatoms. The Kier molecular flexibility index (Phi) is 50.9. The van der Waals surface area contributed by atoms with Crippen LogP contribution in [-0.4, -0.2) is 37.2 Å². The molecule has 376 valence electrons. The van der Waals surface area contributed by atoms with Crippen molar-refractivity contribution in [2.45, 2.75) is 252 Å². The predicted octanol–water partition coefficient (Wildman–Crippen LogP) is 18.1. The van der Waals surface area contributed by atoms with Gasteiger partial charge in [0, 0.05) is 19.3 Å². The Morgan fingerprint density at radius 1 is 0.333 bits per heavy atom. The van der Waals surface area contributed by atoms with Crippen LogP contribution in [0.3, 0.4) is 0 Å². The van der Waals surface area contributed by atoms with Crippen LogP contribution >= 0.6 is 0 Å². The van der Waals surface area contributed by atoms with Crippen molar-refractivity contribution in [1.29, 1.82) is 0 Å². The van der Waals surface area contributed by atoms with Crippen LogP contribution in [0.4, 0.5) is 0 Å². The zero-order valence-electron chi connectivity index (χ0n) is 42.9. The summed E-state index contributed by atoms with van der Waals surface area (Å²) in [5.74, 6) is -0.965. The van der Waals surface area contributed by atoms with Crippen LogP contribution in [0.1, 0.15) is 245 Å². The molecule has 0 saturated heterocycles. The van der Waals surface area contributed by atoms with Crippen LogP contribution < -0.4 is 0 Å². The third kappa shape index (κ3) is 51.3. The van der Waals surface area contributed by atoms with Crippen molar-refractivity contribution in [2.75, 3.05) is 13.2 Å². The molecule has 0 spiro atoms. The summed E-state index contributed by atoms with van der Waals surface area (Å²) in [6.07, 6.45) is 71.1. The summed E-state index contributed by atoms with van der Waals surface area (Å²) in [4.78, 5) is 38.1. The molecule has 0 aromatic rings. The first kappa shape index (κ1) is 62.3. The lowest BCUT2D eigenvalue weighted by Gasteiger charge is -2.18. The molecule has 0 aromatic carbocycles. The van der Waals surface area contributed by atoms with Gasteiger partial charge >= 0.3 is 17.9 Å². The fourth-order valence-electron chi connectivity index (χ4n) is 7.30. The molecule has 0 aliphatic rings. The maximum atomic E-state index is 12.8. The van der Waals surface area contributed by atoms with E-state index in [1.54, 1.807) is 0 Å². The monoisotopic (exact) mass is 917 g/mol. The Balaban J connectivity index is 4.47. The molecule has 0 rings (SSSR count). The van der Waals surface area contributed by atoms with Crippen LogP contribution in [0, 0.1) is 0 Å². The normalized spacial score (nSPS) is 12.8. The number of hydrogen-bond acceptors (Lipinski definition) is 6. The third-order valence-electron chi connectivity index (χ3n) is 11.4. The summed E-state index contributed by atoms with van der Waals surface area (Å²) in [6, 6.07) is 0. The van der Waals surface area contributed by atoms with Crippen molar-refractivity contribution in [3.8, 4) is 0 Å². The number of carbonyl (C=O) groups is 3. The summed E-state index contributed by atoms with van der Waals surface area (Å²) < 4.78 is 16.8. The highest BCUT2D eigenvalue weighted by molar-refractivity contribution is 5.71. The molecule has 0 amide bonds. The lowest BCUT2D eigenvalue weighted by Crippen LogP contribution is -2.30. The van der Waals surface area contributed by atoms with Gasteiger partial charge in [-0.2, -0.15) is 0 Å². The number of esters is 3. The van der Waals surface area contributed by atoms with E-state index in [9.17, 15) is 14.4 Å². The minimum Gasteiger partial charge on any atom is -0.462 e. The van der Waals surface area contributed by atoms with E-state index in [2.05, 4.69) is 81.5 Å². The van der Waals surface area contributed by atoms with Gasteiger partial charge in [-0.25, -0.2) is 0 Å². The van der Waals surface area contributed by atoms with Gasteiger partial charge in [0.05, 0.1) is 0 Å². The second kappa shape index (κ2) is 53.9. The summed E-state index contributed by atoms with van der Waals surface area (Å²) in [7, 11) is 0. The summed E-state index contributed by atoms with van der Waals surface area (Å²) in [6.45, 7) is 6.41. The van der Waals surface area contributed by atoms with E-state index in [4.69, 9.17) is 14.2 Å². The van der Waals surface area contributed by atoms with Crippen molar-refractivity contribution in [2.24, 2.45) is 0 Å². The molecule has 0 radical (unpaired) electrons. The average Bonchev–Trinajstić information content (AvgIpc) is 3.31. The maximum Gasteiger partial charge on any atom is 0.306 e. The average molecular weight is 917 g/mol. The third-order valence-corrected chi connectivity index (χ3v) is 11.4. The van der Waals surface area contributed by atoms with Gasteiger partial charge in [-0.15, -0.1) is 0 Å². The van der Waals surface area contributed by atoms with Gasteiger partial charge in [0.2, 0.25) is 0 Å². The van der Waals surface area contributed by atoms with Gasteiger partial charge in [-0.05, 0) is 96.3 Å². The van der Waals surface area contributed by atoms with Crippen molar-refractivity contribution in [3.63, 3.8) is 0 Å². The highest BCUT2D eigenvalue weighted by atomic mass is 16.6. The number of rotatable bonds is 48. The van der Waals surface area contributed by atoms with Gasteiger partial charge in [-0.3, -0.25) is 14.4 Å². The molecule has 1 unspecified atom stereocenters. The first-order chi connectivity index (χ1) is 32.5. The number of hydrogen-bond donors (Lipinski definition) is 0. The predicted molar refractivity (Wildman–Crippen MR) is 284 cm³/mol. The molecular weight excluding hydrogens is 817 g/mol. The Morgan fingerprint density at radius 3 is 1.11 bits per heavy atom. The van der Waals surface area contributed by atoms with Crippen LogP contribution in [0.5, 0.6) is 0 Å². The van der Waals surface area contributed by atoms with Gasteiger partial charge < -0.3 is 14.2 Å². The zero-order valence-corrected chi connectivity index (χ0v) is 42.9. The van der Waals surface area contributed by atoms with Gasteiger partial charge in [0.15, 0.2) is 6.10 Å². The largest absolute Gasteiger partial charge is 0.462 e. The fourth-order valence-corrected chi connectivity index (χ4v) is 7.30. The van der Waals surface area contributed by atoms with E-state index < -0.39 is 6.10 Å². The van der Waals surface area contributed by atoms with Crippen LogP contribution in [-0.2, 0) is 28.6 Å². The number of unbranched alkanes of at least 4 members (excludes halogenated alkanes) is 25. The molecule has 0 N–H and O–H groups in total. The van der Waals surface area contributed by atoms with Crippen LogP contribution in [0.15, 0.2) is 97.2 Å². The molecule has 0 heterocycles. The molecular formula is C60H100O6. The number of carbonyl (C=O) groups excluding carboxylic acids is 3. The Hall–Kier alpha value is -3.67. The molecule has 6 nitrogen and oxygen atoms in total. The topological polar surface area (TPSA) is 78.9 Å². The standard InChI is InChI=1S/C60H100O6/c1-4-7-10-13-16-19-22-25-27-29-31-32-35-38-41-44-47-50-53-59(62)65-56-57(55-64-58(61)52-49-46-43-40-37-34-24-21-18-15-12-9-6-3)66-60(63)54-51-48-45-42-39-36-33-30-28-26-23-20-17-14-11-8-5-2/h9,12,15,17-18,20-21,24,26-29,31-32,34,37,57H,4-8,10-11,13-14,16,19,22-23,25,30,33,35-36,38-56H2,1-3H3/b12-9+,18-15+,20-17+,24-21+,28-26+,29-27+,32-31+,37-34+. The number of ether oxygens (including phenoxy) is 3. The maximum absolute atomic E-state index is 12.8. The van der Waals surface area contributed by atoms with E-state index in [1.165, 1.54) is 103 Å². The van der Waals surface area contributed by atoms with Crippen molar-refractivity contribution < 1.29 is 28.6 Å². The lowest BCUT2D eigenvalue weighted by molar-refractivity contribution is -0.167. The highest BCUT2D eigenvalue weighted by Gasteiger charge is 2.19. The van der Waals surface area contributed by atoms with Crippen LogP contribution in [0.2, 0.25) is 0 Å². The number of allylic oxidation sites excluding steroid dienone is 16. The smallest absolute Gasteiger partial charge is 0.306 e. The minimum atomic E-state index is -0.805. The summed E-state index contributed by atoms with van der Waals surface area (Å²) in [5, 5.41) is 0. The molecule has 1 atom stereocenters. The minimum absolute atomic E-state index is 0.103. The molecule has 0 bridgehead atoms. The molecule has 0 saturated carbocycles.